The predicted molar refractivity (Wildman–Crippen MR) is 68.6 cm³/mol. The van der Waals surface area contributed by atoms with Crippen molar-refractivity contribution in [3.63, 3.8) is 0 Å². The summed E-state index contributed by atoms with van der Waals surface area (Å²) in [6.07, 6.45) is 6.18. The van der Waals surface area contributed by atoms with Crippen molar-refractivity contribution in [3.8, 4) is 0 Å². The third-order valence-electron chi connectivity index (χ3n) is 2.21. The topological polar surface area (TPSA) is 27.1 Å². The Hall–Kier alpha value is -1.09. The van der Waals surface area contributed by atoms with Gasteiger partial charge in [0, 0.05) is 18.5 Å². The molecule has 82 valence electrons. The molecular weight excluding hydrogens is 204 g/mol. The van der Waals surface area contributed by atoms with E-state index in [2.05, 4.69) is 13.0 Å². The molecule has 1 aromatic rings. The normalized spacial score (nSPS) is 10.8. The first-order valence-corrected chi connectivity index (χ1v) is 6.13. The Balaban J connectivity index is 2.41. The number of hydrogen-bond acceptors (Lipinski definition) is 2. The number of likely N-dealkylation sites (N-methyl/N-ethyl adjacent to an activating group) is 1. The van der Waals surface area contributed by atoms with Gasteiger partial charge in [0.15, 0.2) is 0 Å². The Morgan fingerprint density at radius 3 is 3.00 bits per heavy atom. The Bertz CT molecular complexity index is 314. The number of nitrogens with one attached hydrogen (secondary N) is 1. The van der Waals surface area contributed by atoms with E-state index in [1.54, 1.807) is 11.3 Å². The van der Waals surface area contributed by atoms with Crippen LogP contribution in [-0.2, 0) is 0 Å². The molecule has 0 aliphatic rings. The average molecular weight is 222 g/mol. The molecule has 2 nitrogen and oxygen atoms in total. The van der Waals surface area contributed by atoms with Crippen LogP contribution in [0.2, 0.25) is 0 Å². The Morgan fingerprint density at radius 1 is 1.60 bits per heavy atom. The van der Waals surface area contributed by atoms with Gasteiger partial charge >= 0.3 is 0 Å². The van der Waals surface area contributed by atoms with E-state index in [1.807, 2.05) is 35.5 Å². The molecule has 3 heteroatoms. The number of thiophene rings is 1. The summed E-state index contributed by atoms with van der Waals surface area (Å²) >= 11 is 1.69. The van der Waals surface area contributed by atoms with Crippen LogP contribution in [0, 0.1) is 5.41 Å². The first-order chi connectivity index (χ1) is 7.24. The Labute approximate surface area is 95.7 Å². The van der Waals surface area contributed by atoms with Crippen LogP contribution in [-0.4, -0.2) is 24.3 Å². The van der Waals surface area contributed by atoms with Gasteiger partial charge in [0.25, 0.3) is 0 Å². The number of hydrogen-bond donors (Lipinski definition) is 1. The molecule has 0 saturated heterocycles. The van der Waals surface area contributed by atoms with Crippen molar-refractivity contribution in [1.82, 2.24) is 4.90 Å². The predicted octanol–water partition coefficient (Wildman–Crippen LogP) is 3.47. The summed E-state index contributed by atoms with van der Waals surface area (Å²) in [4.78, 5) is 3.18. The van der Waals surface area contributed by atoms with Gasteiger partial charge < -0.3 is 4.90 Å². The van der Waals surface area contributed by atoms with Crippen molar-refractivity contribution < 1.29 is 0 Å². The van der Waals surface area contributed by atoms with Gasteiger partial charge in [-0.1, -0.05) is 19.4 Å². The van der Waals surface area contributed by atoms with Gasteiger partial charge in [-0.25, -0.2) is 0 Å². The van der Waals surface area contributed by atoms with Crippen LogP contribution in [0.4, 0.5) is 0 Å². The molecule has 1 aromatic heterocycles. The molecule has 0 saturated carbocycles. The minimum Gasteiger partial charge on any atom is -0.360 e. The highest BCUT2D eigenvalue weighted by molar-refractivity contribution is 7.10. The maximum Gasteiger partial charge on any atom is 0.120 e. The first-order valence-electron chi connectivity index (χ1n) is 5.25. The van der Waals surface area contributed by atoms with E-state index in [9.17, 15) is 0 Å². The summed E-state index contributed by atoms with van der Waals surface area (Å²) in [6.45, 7) is 3.13. The number of rotatable bonds is 5. The van der Waals surface area contributed by atoms with Crippen LogP contribution in [0.25, 0.3) is 6.08 Å². The minimum atomic E-state index is 0.580. The molecule has 15 heavy (non-hydrogen) atoms. The minimum absolute atomic E-state index is 0.580. The fourth-order valence-electron chi connectivity index (χ4n) is 1.19. The second kappa shape index (κ2) is 6.40. The van der Waals surface area contributed by atoms with Crippen LogP contribution in [0.1, 0.15) is 24.6 Å². The third kappa shape index (κ3) is 4.30. The zero-order valence-electron chi connectivity index (χ0n) is 9.36. The van der Waals surface area contributed by atoms with Crippen molar-refractivity contribution in [2.45, 2.75) is 19.8 Å². The smallest absolute Gasteiger partial charge is 0.120 e. The molecule has 1 rings (SSSR count). The summed E-state index contributed by atoms with van der Waals surface area (Å²) < 4.78 is 0. The van der Waals surface area contributed by atoms with Crippen molar-refractivity contribution >= 4 is 23.2 Å². The van der Waals surface area contributed by atoms with Crippen molar-refractivity contribution in [2.24, 2.45) is 0 Å². The highest BCUT2D eigenvalue weighted by Gasteiger charge is 1.99. The molecule has 0 atom stereocenters. The van der Waals surface area contributed by atoms with E-state index in [0.717, 1.165) is 13.0 Å². The lowest BCUT2D eigenvalue weighted by Crippen LogP contribution is -2.25. The number of amidine groups is 1. The molecule has 1 N–H and O–H groups in total. The van der Waals surface area contributed by atoms with Crippen molar-refractivity contribution in [2.75, 3.05) is 13.6 Å². The molecule has 0 aromatic carbocycles. The molecule has 0 aliphatic carbocycles. The van der Waals surface area contributed by atoms with Crippen molar-refractivity contribution in [1.29, 1.82) is 5.41 Å². The molecule has 0 bridgehead atoms. The monoisotopic (exact) mass is 222 g/mol. The standard InChI is InChI=1S/C12H18N2S/c1-3-4-9-14(2)12(13)8-7-11-6-5-10-15-11/h5-8,10,13H,3-4,9H2,1-2H3/b8-7+,13-12?. The van der Waals surface area contributed by atoms with Crippen LogP contribution in [0.5, 0.6) is 0 Å². The van der Waals surface area contributed by atoms with E-state index in [-0.39, 0.29) is 0 Å². The quantitative estimate of drug-likeness (QED) is 0.599. The molecule has 0 spiro atoms. The molecule has 0 aliphatic heterocycles. The molecule has 0 fully saturated rings. The lowest BCUT2D eigenvalue weighted by Gasteiger charge is -2.16. The SMILES string of the molecule is CCCCN(C)C(=N)/C=C/c1cccs1. The molecular formula is C12H18N2S. The molecule has 0 radical (unpaired) electrons. The van der Waals surface area contributed by atoms with Gasteiger partial charge in [-0.2, -0.15) is 0 Å². The fraction of sp³-hybridized carbons (Fsp3) is 0.417. The highest BCUT2D eigenvalue weighted by atomic mass is 32.1. The van der Waals surface area contributed by atoms with Crippen LogP contribution >= 0.6 is 11.3 Å². The Kier molecular flexibility index (Phi) is 5.12. The third-order valence-corrected chi connectivity index (χ3v) is 3.04. The number of unbranched alkanes of at least 4 members (excludes halogenated alkanes) is 1. The largest absolute Gasteiger partial charge is 0.360 e. The maximum atomic E-state index is 7.82. The van der Waals surface area contributed by atoms with Gasteiger partial charge in [-0.15, -0.1) is 11.3 Å². The number of nitrogens with zero attached hydrogens (tertiary/aromatic N) is 1. The zero-order valence-corrected chi connectivity index (χ0v) is 10.2. The lowest BCUT2D eigenvalue weighted by molar-refractivity contribution is 0.484. The van der Waals surface area contributed by atoms with E-state index >= 15 is 0 Å². The van der Waals surface area contributed by atoms with Crippen LogP contribution in [0.15, 0.2) is 23.6 Å². The molecule has 1 heterocycles. The summed E-state index contributed by atoms with van der Waals surface area (Å²) in [5.74, 6) is 0.580. The highest BCUT2D eigenvalue weighted by Crippen LogP contribution is 2.10. The van der Waals surface area contributed by atoms with Crippen LogP contribution in [0.3, 0.4) is 0 Å². The summed E-state index contributed by atoms with van der Waals surface area (Å²) in [7, 11) is 1.97. The van der Waals surface area contributed by atoms with E-state index in [1.165, 1.54) is 11.3 Å². The van der Waals surface area contributed by atoms with Crippen LogP contribution < -0.4 is 0 Å². The van der Waals surface area contributed by atoms with E-state index in [4.69, 9.17) is 5.41 Å². The second-order valence-electron chi connectivity index (χ2n) is 3.51. The van der Waals surface area contributed by atoms with Gasteiger partial charge in [0.05, 0.1) is 0 Å². The molecule has 0 unspecified atom stereocenters. The van der Waals surface area contributed by atoms with Gasteiger partial charge in [-0.3, -0.25) is 5.41 Å². The lowest BCUT2D eigenvalue weighted by atomic mass is 10.3. The van der Waals surface area contributed by atoms with Gasteiger partial charge in [0.1, 0.15) is 5.84 Å². The Morgan fingerprint density at radius 2 is 2.40 bits per heavy atom. The van der Waals surface area contributed by atoms with Gasteiger partial charge in [-0.05, 0) is 30.0 Å². The summed E-state index contributed by atoms with van der Waals surface area (Å²) in [5.41, 5.74) is 0. The fourth-order valence-corrected chi connectivity index (χ4v) is 1.81. The second-order valence-corrected chi connectivity index (χ2v) is 4.49. The summed E-state index contributed by atoms with van der Waals surface area (Å²) in [6, 6.07) is 4.08. The maximum absolute atomic E-state index is 7.82. The van der Waals surface area contributed by atoms with E-state index < -0.39 is 0 Å². The van der Waals surface area contributed by atoms with Crippen molar-refractivity contribution in [3.05, 3.63) is 28.5 Å². The zero-order chi connectivity index (χ0) is 11.1. The molecule has 0 amide bonds. The average Bonchev–Trinajstić information content (AvgIpc) is 2.75. The van der Waals surface area contributed by atoms with Gasteiger partial charge in [0.2, 0.25) is 0 Å². The summed E-state index contributed by atoms with van der Waals surface area (Å²) in [5, 5.41) is 9.86. The first kappa shape index (κ1) is 12.0. The van der Waals surface area contributed by atoms with E-state index in [0.29, 0.717) is 5.84 Å².